The van der Waals surface area contributed by atoms with Gasteiger partial charge < -0.3 is 14.6 Å². The number of hydrogen-bond acceptors (Lipinski definition) is 5. The lowest BCUT2D eigenvalue weighted by Gasteiger charge is -2.10. The van der Waals surface area contributed by atoms with E-state index >= 15 is 0 Å². The molecular formula is C9H13N5O. The molecule has 0 fully saturated rings. The molecule has 2 aromatic heterocycles. The molecule has 0 amide bonds. The summed E-state index contributed by atoms with van der Waals surface area (Å²) in [6.45, 7) is 1.44. The molecule has 0 spiro atoms. The van der Waals surface area contributed by atoms with Gasteiger partial charge in [-0.1, -0.05) is 0 Å². The predicted molar refractivity (Wildman–Crippen MR) is 55.7 cm³/mol. The fraction of sp³-hybridized carbons (Fsp3) is 0.444. The SMILES string of the molecule is CN(C)CCOc1ncnc2nc[nH]c12. The highest BCUT2D eigenvalue weighted by Gasteiger charge is 2.06. The quantitative estimate of drug-likeness (QED) is 0.780. The Kier molecular flexibility index (Phi) is 2.77. The van der Waals surface area contributed by atoms with Crippen molar-refractivity contribution in [1.82, 2.24) is 24.8 Å². The van der Waals surface area contributed by atoms with Crippen LogP contribution in [0.3, 0.4) is 0 Å². The van der Waals surface area contributed by atoms with Gasteiger partial charge in [0.25, 0.3) is 0 Å². The number of fused-ring (bicyclic) bond motifs is 1. The Labute approximate surface area is 87.3 Å². The first-order valence-corrected chi connectivity index (χ1v) is 4.69. The van der Waals surface area contributed by atoms with Crippen LogP contribution in [0.2, 0.25) is 0 Å². The number of aromatic nitrogens is 4. The van der Waals surface area contributed by atoms with E-state index in [9.17, 15) is 0 Å². The highest BCUT2D eigenvalue weighted by Crippen LogP contribution is 2.16. The van der Waals surface area contributed by atoms with Crippen LogP contribution < -0.4 is 4.74 Å². The summed E-state index contributed by atoms with van der Waals surface area (Å²) in [5.74, 6) is 0.555. The van der Waals surface area contributed by atoms with E-state index in [1.165, 1.54) is 6.33 Å². The van der Waals surface area contributed by atoms with Gasteiger partial charge in [0.2, 0.25) is 5.88 Å². The van der Waals surface area contributed by atoms with Crippen LogP contribution in [0.15, 0.2) is 12.7 Å². The van der Waals surface area contributed by atoms with Crippen molar-refractivity contribution in [2.45, 2.75) is 0 Å². The van der Waals surface area contributed by atoms with Crippen LogP contribution >= 0.6 is 0 Å². The van der Waals surface area contributed by atoms with Crippen LogP contribution in [0.5, 0.6) is 5.88 Å². The number of rotatable bonds is 4. The number of nitrogens with zero attached hydrogens (tertiary/aromatic N) is 4. The molecule has 0 aromatic carbocycles. The number of H-pyrrole nitrogens is 1. The van der Waals surface area contributed by atoms with Gasteiger partial charge in [-0.05, 0) is 14.1 Å². The molecule has 1 N–H and O–H groups in total. The molecule has 6 nitrogen and oxygen atoms in total. The van der Waals surface area contributed by atoms with Crippen molar-refractivity contribution < 1.29 is 4.74 Å². The second-order valence-electron chi connectivity index (χ2n) is 3.43. The monoisotopic (exact) mass is 207 g/mol. The molecule has 0 radical (unpaired) electrons. The van der Waals surface area contributed by atoms with Gasteiger partial charge in [-0.25, -0.2) is 9.97 Å². The molecule has 0 aliphatic rings. The van der Waals surface area contributed by atoms with Gasteiger partial charge in [-0.2, -0.15) is 4.98 Å². The molecule has 2 rings (SSSR count). The lowest BCUT2D eigenvalue weighted by atomic mass is 10.5. The number of ether oxygens (including phenoxy) is 1. The Hall–Kier alpha value is -1.69. The zero-order chi connectivity index (χ0) is 10.7. The maximum Gasteiger partial charge on any atom is 0.243 e. The lowest BCUT2D eigenvalue weighted by Crippen LogP contribution is -2.19. The molecular weight excluding hydrogens is 194 g/mol. The van der Waals surface area contributed by atoms with E-state index in [2.05, 4.69) is 19.9 Å². The number of imidazole rings is 1. The van der Waals surface area contributed by atoms with Crippen molar-refractivity contribution in [3.8, 4) is 5.88 Å². The fourth-order valence-corrected chi connectivity index (χ4v) is 1.18. The largest absolute Gasteiger partial charge is 0.475 e. The minimum absolute atomic E-state index is 0.555. The summed E-state index contributed by atoms with van der Waals surface area (Å²) in [7, 11) is 3.99. The van der Waals surface area contributed by atoms with Crippen molar-refractivity contribution in [2.24, 2.45) is 0 Å². The summed E-state index contributed by atoms with van der Waals surface area (Å²) in [6.07, 6.45) is 3.03. The fourth-order valence-electron chi connectivity index (χ4n) is 1.18. The molecule has 80 valence electrons. The summed E-state index contributed by atoms with van der Waals surface area (Å²) in [4.78, 5) is 17.1. The van der Waals surface area contributed by atoms with Gasteiger partial charge in [-0.15, -0.1) is 0 Å². The molecule has 2 aromatic rings. The molecule has 0 aliphatic carbocycles. The summed E-state index contributed by atoms with van der Waals surface area (Å²) in [5, 5.41) is 0. The zero-order valence-corrected chi connectivity index (χ0v) is 8.77. The minimum atomic E-state index is 0.555. The third-order valence-corrected chi connectivity index (χ3v) is 1.97. The normalized spacial score (nSPS) is 11.1. The van der Waals surface area contributed by atoms with E-state index < -0.39 is 0 Å². The van der Waals surface area contributed by atoms with Crippen molar-refractivity contribution in [3.63, 3.8) is 0 Å². The van der Waals surface area contributed by atoms with Crippen molar-refractivity contribution in [2.75, 3.05) is 27.2 Å². The molecule has 0 unspecified atom stereocenters. The Balaban J connectivity index is 2.10. The van der Waals surface area contributed by atoms with Crippen LogP contribution in [0.1, 0.15) is 0 Å². The average molecular weight is 207 g/mol. The Morgan fingerprint density at radius 2 is 2.20 bits per heavy atom. The highest BCUT2D eigenvalue weighted by molar-refractivity contribution is 5.74. The van der Waals surface area contributed by atoms with Gasteiger partial charge in [0.15, 0.2) is 5.65 Å². The number of likely N-dealkylation sites (N-methyl/N-ethyl adjacent to an activating group) is 1. The van der Waals surface area contributed by atoms with E-state index in [1.807, 2.05) is 19.0 Å². The van der Waals surface area contributed by atoms with E-state index in [4.69, 9.17) is 4.74 Å². The zero-order valence-electron chi connectivity index (χ0n) is 8.77. The number of hydrogen-bond donors (Lipinski definition) is 1. The van der Waals surface area contributed by atoms with Crippen LogP contribution in [0.25, 0.3) is 11.2 Å². The average Bonchev–Trinajstić information content (AvgIpc) is 2.65. The lowest BCUT2D eigenvalue weighted by molar-refractivity contribution is 0.256. The third-order valence-electron chi connectivity index (χ3n) is 1.97. The first-order valence-electron chi connectivity index (χ1n) is 4.69. The standard InChI is InChI=1S/C9H13N5O/c1-14(2)3-4-15-9-7-8(11-5-10-7)12-6-13-9/h5-6H,3-4H2,1-2H3,(H,10,11,12,13). The smallest absolute Gasteiger partial charge is 0.243 e. The first-order chi connectivity index (χ1) is 7.27. The number of aromatic amines is 1. The predicted octanol–water partition coefficient (Wildman–Crippen LogP) is 0.293. The van der Waals surface area contributed by atoms with Gasteiger partial charge in [0, 0.05) is 6.54 Å². The van der Waals surface area contributed by atoms with Crippen molar-refractivity contribution in [3.05, 3.63) is 12.7 Å². The topological polar surface area (TPSA) is 66.9 Å². The molecule has 15 heavy (non-hydrogen) atoms. The van der Waals surface area contributed by atoms with Crippen LogP contribution in [-0.2, 0) is 0 Å². The highest BCUT2D eigenvalue weighted by atomic mass is 16.5. The summed E-state index contributed by atoms with van der Waals surface area (Å²) < 4.78 is 5.52. The maximum absolute atomic E-state index is 5.52. The minimum Gasteiger partial charge on any atom is -0.475 e. The molecule has 0 atom stereocenters. The second-order valence-corrected chi connectivity index (χ2v) is 3.43. The summed E-state index contributed by atoms with van der Waals surface area (Å²) >= 11 is 0. The van der Waals surface area contributed by atoms with Crippen molar-refractivity contribution >= 4 is 11.2 Å². The van der Waals surface area contributed by atoms with Crippen LogP contribution in [0.4, 0.5) is 0 Å². The molecule has 0 saturated carbocycles. The van der Waals surface area contributed by atoms with Crippen molar-refractivity contribution in [1.29, 1.82) is 0 Å². The molecule has 0 saturated heterocycles. The Morgan fingerprint density at radius 1 is 1.33 bits per heavy atom. The van der Waals surface area contributed by atoms with E-state index in [1.54, 1.807) is 6.33 Å². The van der Waals surface area contributed by atoms with E-state index in [0.717, 1.165) is 12.1 Å². The Morgan fingerprint density at radius 3 is 3.00 bits per heavy atom. The summed E-state index contributed by atoms with van der Waals surface area (Å²) in [5.41, 5.74) is 1.38. The maximum atomic E-state index is 5.52. The van der Waals surface area contributed by atoms with Crippen LogP contribution in [0, 0.1) is 0 Å². The molecule has 0 aliphatic heterocycles. The van der Waals surface area contributed by atoms with Gasteiger partial charge >= 0.3 is 0 Å². The third kappa shape index (κ3) is 2.21. The Bertz CT molecular complexity index is 439. The van der Waals surface area contributed by atoms with Gasteiger partial charge in [0.1, 0.15) is 18.5 Å². The summed E-state index contributed by atoms with van der Waals surface area (Å²) in [6, 6.07) is 0. The second kappa shape index (κ2) is 4.22. The van der Waals surface area contributed by atoms with Crippen LogP contribution in [-0.4, -0.2) is 52.1 Å². The molecule has 0 bridgehead atoms. The van der Waals surface area contributed by atoms with Gasteiger partial charge in [-0.3, -0.25) is 0 Å². The molecule has 2 heterocycles. The first kappa shape index (κ1) is 9.85. The van der Waals surface area contributed by atoms with E-state index in [0.29, 0.717) is 18.1 Å². The molecule has 6 heteroatoms. The van der Waals surface area contributed by atoms with E-state index in [-0.39, 0.29) is 0 Å². The number of nitrogens with one attached hydrogen (secondary N) is 1. The van der Waals surface area contributed by atoms with Gasteiger partial charge in [0.05, 0.1) is 6.33 Å².